The molecule has 0 bridgehead atoms. The van der Waals surface area contributed by atoms with Gasteiger partial charge in [0.1, 0.15) is 5.60 Å². The van der Waals surface area contributed by atoms with Crippen molar-refractivity contribution in [2.75, 3.05) is 18.5 Å². The summed E-state index contributed by atoms with van der Waals surface area (Å²) in [5, 5.41) is 6.37. The number of alkyl carbamates (subject to hydrolysis) is 1. The van der Waals surface area contributed by atoms with E-state index in [4.69, 9.17) is 9.47 Å². The normalized spacial score (nSPS) is 19.2. The summed E-state index contributed by atoms with van der Waals surface area (Å²) in [4.78, 5) is 11.8. The van der Waals surface area contributed by atoms with Gasteiger partial charge in [-0.05, 0) is 45.7 Å². The van der Waals surface area contributed by atoms with Crippen LogP contribution < -0.4 is 10.6 Å². The predicted molar refractivity (Wildman–Crippen MR) is 91.5 cm³/mol. The Kier molecular flexibility index (Phi) is 5.88. The van der Waals surface area contributed by atoms with E-state index in [9.17, 15) is 4.79 Å². The van der Waals surface area contributed by atoms with Crippen molar-refractivity contribution < 1.29 is 14.3 Å². The Balaban J connectivity index is 1.93. The average Bonchev–Trinajstić information content (AvgIpc) is 2.99. The largest absolute Gasteiger partial charge is 0.444 e. The molecule has 5 heteroatoms. The lowest BCUT2D eigenvalue weighted by Crippen LogP contribution is -2.32. The summed E-state index contributed by atoms with van der Waals surface area (Å²) in [6.07, 6.45) is 0.691. The Morgan fingerprint density at radius 2 is 2.13 bits per heavy atom. The number of amides is 1. The SMILES string of the molecule is CC(Nc1ccccc1CNC(=O)OC(C)(C)C)C1CCOC1. The van der Waals surface area contributed by atoms with Crippen LogP contribution >= 0.6 is 0 Å². The Labute approximate surface area is 138 Å². The Morgan fingerprint density at radius 3 is 2.78 bits per heavy atom. The fourth-order valence-corrected chi connectivity index (χ4v) is 2.61. The molecule has 0 aromatic heterocycles. The van der Waals surface area contributed by atoms with E-state index in [0.717, 1.165) is 30.9 Å². The van der Waals surface area contributed by atoms with Crippen LogP contribution in [0.3, 0.4) is 0 Å². The van der Waals surface area contributed by atoms with E-state index in [2.05, 4.69) is 17.6 Å². The van der Waals surface area contributed by atoms with Gasteiger partial charge in [-0.1, -0.05) is 18.2 Å². The molecule has 1 heterocycles. The highest BCUT2D eigenvalue weighted by molar-refractivity contribution is 5.68. The molecule has 1 saturated heterocycles. The Bertz CT molecular complexity index is 519. The number of ether oxygens (including phenoxy) is 2. The van der Waals surface area contributed by atoms with Crippen LogP contribution in [0.4, 0.5) is 10.5 Å². The zero-order chi connectivity index (χ0) is 16.9. The third-order valence-corrected chi connectivity index (χ3v) is 3.89. The highest BCUT2D eigenvalue weighted by atomic mass is 16.6. The van der Waals surface area contributed by atoms with Gasteiger partial charge in [-0.2, -0.15) is 0 Å². The zero-order valence-electron chi connectivity index (χ0n) is 14.5. The molecule has 128 valence electrons. The molecule has 1 aliphatic heterocycles. The number of carbonyl (C=O) groups is 1. The van der Waals surface area contributed by atoms with Gasteiger partial charge in [0, 0.05) is 30.8 Å². The highest BCUT2D eigenvalue weighted by Gasteiger charge is 2.22. The first kappa shape index (κ1) is 17.6. The number of carbonyl (C=O) groups excluding carboxylic acids is 1. The quantitative estimate of drug-likeness (QED) is 0.871. The van der Waals surface area contributed by atoms with Crippen molar-refractivity contribution in [3.05, 3.63) is 29.8 Å². The van der Waals surface area contributed by atoms with Crippen molar-refractivity contribution in [3.8, 4) is 0 Å². The molecule has 0 spiro atoms. The number of hydrogen-bond donors (Lipinski definition) is 2. The van der Waals surface area contributed by atoms with E-state index in [1.807, 2.05) is 45.0 Å². The number of benzene rings is 1. The topological polar surface area (TPSA) is 59.6 Å². The lowest BCUT2D eigenvalue weighted by atomic mass is 10.00. The van der Waals surface area contributed by atoms with Gasteiger partial charge in [0.2, 0.25) is 0 Å². The van der Waals surface area contributed by atoms with Gasteiger partial charge in [-0.15, -0.1) is 0 Å². The number of hydrogen-bond acceptors (Lipinski definition) is 4. The monoisotopic (exact) mass is 320 g/mol. The molecule has 0 aliphatic carbocycles. The number of nitrogens with one attached hydrogen (secondary N) is 2. The maximum atomic E-state index is 11.8. The zero-order valence-corrected chi connectivity index (χ0v) is 14.5. The van der Waals surface area contributed by atoms with Gasteiger partial charge in [-0.25, -0.2) is 4.79 Å². The van der Waals surface area contributed by atoms with Crippen molar-refractivity contribution in [2.45, 2.75) is 52.3 Å². The van der Waals surface area contributed by atoms with Gasteiger partial charge in [-0.3, -0.25) is 0 Å². The predicted octanol–water partition coefficient (Wildman–Crippen LogP) is 3.55. The van der Waals surface area contributed by atoms with E-state index in [-0.39, 0.29) is 0 Å². The van der Waals surface area contributed by atoms with Gasteiger partial charge in [0.05, 0.1) is 6.61 Å². The van der Waals surface area contributed by atoms with Crippen LogP contribution in [0.15, 0.2) is 24.3 Å². The van der Waals surface area contributed by atoms with Crippen LogP contribution in [-0.4, -0.2) is 30.9 Å². The second-order valence-electron chi connectivity index (χ2n) is 7.07. The Hall–Kier alpha value is -1.75. The van der Waals surface area contributed by atoms with Gasteiger partial charge in [0.15, 0.2) is 0 Å². The molecule has 1 aliphatic rings. The molecule has 0 radical (unpaired) electrons. The molecular formula is C18H28N2O3. The summed E-state index contributed by atoms with van der Waals surface area (Å²) in [6.45, 7) is 9.84. The maximum Gasteiger partial charge on any atom is 0.407 e. The first-order valence-electron chi connectivity index (χ1n) is 8.24. The van der Waals surface area contributed by atoms with Crippen LogP contribution in [0.25, 0.3) is 0 Å². The van der Waals surface area contributed by atoms with E-state index in [0.29, 0.717) is 18.5 Å². The summed E-state index contributed by atoms with van der Waals surface area (Å²) in [5.74, 6) is 0.530. The molecule has 1 fully saturated rings. The lowest BCUT2D eigenvalue weighted by molar-refractivity contribution is 0.0523. The third kappa shape index (κ3) is 5.75. The van der Waals surface area contributed by atoms with Crippen molar-refractivity contribution in [1.82, 2.24) is 5.32 Å². The van der Waals surface area contributed by atoms with Crippen LogP contribution in [0.1, 0.15) is 39.7 Å². The van der Waals surface area contributed by atoms with Crippen LogP contribution in [0.2, 0.25) is 0 Å². The summed E-state index contributed by atoms with van der Waals surface area (Å²) in [5.41, 5.74) is 1.60. The van der Waals surface area contributed by atoms with Crippen LogP contribution in [0.5, 0.6) is 0 Å². The number of para-hydroxylation sites is 1. The fraction of sp³-hybridized carbons (Fsp3) is 0.611. The second kappa shape index (κ2) is 7.68. The van der Waals surface area contributed by atoms with E-state index >= 15 is 0 Å². The molecule has 1 amide bonds. The molecule has 1 aromatic carbocycles. The van der Waals surface area contributed by atoms with Gasteiger partial charge in [0.25, 0.3) is 0 Å². The summed E-state index contributed by atoms with van der Waals surface area (Å²) in [6, 6.07) is 8.36. The smallest absolute Gasteiger partial charge is 0.407 e. The minimum absolute atomic E-state index is 0.333. The van der Waals surface area contributed by atoms with Crippen LogP contribution in [-0.2, 0) is 16.0 Å². The Morgan fingerprint density at radius 1 is 1.39 bits per heavy atom. The van der Waals surface area contributed by atoms with Crippen molar-refractivity contribution in [2.24, 2.45) is 5.92 Å². The molecule has 1 aromatic rings. The fourth-order valence-electron chi connectivity index (χ4n) is 2.61. The molecule has 2 unspecified atom stereocenters. The third-order valence-electron chi connectivity index (χ3n) is 3.89. The second-order valence-corrected chi connectivity index (χ2v) is 7.07. The minimum atomic E-state index is -0.487. The summed E-state index contributed by atoms with van der Waals surface area (Å²) >= 11 is 0. The highest BCUT2D eigenvalue weighted by Crippen LogP contribution is 2.22. The number of anilines is 1. The molecule has 2 N–H and O–H groups in total. The van der Waals surface area contributed by atoms with E-state index in [1.165, 1.54) is 0 Å². The standard InChI is InChI=1S/C18H28N2O3/c1-13(15-9-10-22-12-15)20-16-8-6-5-7-14(16)11-19-17(21)23-18(2,3)4/h5-8,13,15,20H,9-12H2,1-4H3,(H,19,21). The summed E-state index contributed by atoms with van der Waals surface area (Å²) < 4.78 is 10.7. The maximum absolute atomic E-state index is 11.8. The first-order valence-corrected chi connectivity index (χ1v) is 8.24. The molecular weight excluding hydrogens is 292 g/mol. The molecule has 0 saturated carbocycles. The van der Waals surface area contributed by atoms with Crippen molar-refractivity contribution >= 4 is 11.8 Å². The molecule has 2 atom stereocenters. The van der Waals surface area contributed by atoms with E-state index in [1.54, 1.807) is 0 Å². The molecule has 2 rings (SSSR count). The molecule has 23 heavy (non-hydrogen) atoms. The summed E-state index contributed by atoms with van der Waals surface area (Å²) in [7, 11) is 0. The van der Waals surface area contributed by atoms with E-state index < -0.39 is 11.7 Å². The first-order chi connectivity index (χ1) is 10.8. The molecule has 5 nitrogen and oxygen atoms in total. The van der Waals surface area contributed by atoms with Crippen LogP contribution in [0, 0.1) is 5.92 Å². The average molecular weight is 320 g/mol. The van der Waals surface area contributed by atoms with Crippen molar-refractivity contribution in [1.29, 1.82) is 0 Å². The van der Waals surface area contributed by atoms with Crippen molar-refractivity contribution in [3.63, 3.8) is 0 Å². The minimum Gasteiger partial charge on any atom is -0.444 e. The van der Waals surface area contributed by atoms with Gasteiger partial charge >= 0.3 is 6.09 Å². The van der Waals surface area contributed by atoms with Gasteiger partial charge < -0.3 is 20.1 Å². The lowest BCUT2D eigenvalue weighted by Gasteiger charge is -2.23. The number of rotatable bonds is 5.